The molecule has 0 N–H and O–H groups in total. The van der Waals surface area contributed by atoms with Crippen LogP contribution in [-0.4, -0.2) is 25.1 Å². The molecule has 2 unspecified atom stereocenters. The summed E-state index contributed by atoms with van der Waals surface area (Å²) < 4.78 is 25.8. The molecule has 2 atom stereocenters. The number of carbonyl (C=O) groups is 1. The summed E-state index contributed by atoms with van der Waals surface area (Å²) in [7, 11) is 0. The molecule has 2 fully saturated rings. The molecule has 0 bridgehead atoms. The van der Waals surface area contributed by atoms with Crippen LogP contribution in [0.5, 0.6) is 5.75 Å². The van der Waals surface area contributed by atoms with Gasteiger partial charge in [-0.25, -0.2) is 4.39 Å². The molecule has 0 spiro atoms. The number of ether oxygens (including phenoxy) is 2. The van der Waals surface area contributed by atoms with Crippen molar-refractivity contribution in [1.82, 2.24) is 0 Å². The van der Waals surface area contributed by atoms with Gasteiger partial charge in [0.05, 0.1) is 19.3 Å². The predicted octanol–water partition coefficient (Wildman–Crippen LogP) is 6.51. The minimum Gasteiger partial charge on any atom is -0.491 e. The Labute approximate surface area is 175 Å². The van der Waals surface area contributed by atoms with Crippen molar-refractivity contribution in [3.05, 3.63) is 29.1 Å². The van der Waals surface area contributed by atoms with E-state index in [1.54, 1.807) is 19.1 Å². The van der Waals surface area contributed by atoms with Crippen molar-refractivity contribution in [3.8, 4) is 5.75 Å². The number of ketones is 1. The van der Waals surface area contributed by atoms with Gasteiger partial charge in [-0.3, -0.25) is 4.79 Å². The van der Waals surface area contributed by atoms with E-state index in [0.717, 1.165) is 31.3 Å². The third-order valence-electron chi connectivity index (χ3n) is 7.02. The second-order valence-electron chi connectivity index (χ2n) is 8.97. The highest BCUT2D eigenvalue weighted by Crippen LogP contribution is 2.39. The average Bonchev–Trinajstić information content (AvgIpc) is 2.73. The Hall–Kier alpha value is -1.42. The highest BCUT2D eigenvalue weighted by molar-refractivity contribution is 5.98. The molecule has 0 radical (unpaired) electrons. The number of rotatable bonds is 8. The van der Waals surface area contributed by atoms with E-state index in [1.807, 2.05) is 6.92 Å². The lowest BCUT2D eigenvalue weighted by Crippen LogP contribution is -2.33. The molecule has 1 heterocycles. The predicted molar refractivity (Wildman–Crippen MR) is 114 cm³/mol. The van der Waals surface area contributed by atoms with Crippen LogP contribution in [0.3, 0.4) is 0 Å². The number of hydrogen-bond acceptors (Lipinski definition) is 3. The molecule has 2 aliphatic rings. The molecule has 1 saturated carbocycles. The first-order valence-electron chi connectivity index (χ1n) is 11.6. The fraction of sp³-hybridized carbons (Fsp3) is 0.720. The number of benzene rings is 1. The monoisotopic (exact) mass is 404 g/mol. The van der Waals surface area contributed by atoms with Gasteiger partial charge in [-0.15, -0.1) is 0 Å². The molecule has 1 aliphatic heterocycles. The lowest BCUT2D eigenvalue weighted by molar-refractivity contribution is -0.0386. The lowest BCUT2D eigenvalue weighted by Gasteiger charge is -2.37. The Morgan fingerprint density at radius 1 is 1.10 bits per heavy atom. The molecular weight excluding hydrogens is 367 g/mol. The van der Waals surface area contributed by atoms with E-state index in [0.29, 0.717) is 30.1 Å². The standard InChI is InChI=1S/C25H37FO3/c1-4-6-18-7-9-19(10-8-18)20-11-12-21(29-16-20)15-23(27)22-13-14-24(28-5-2)25(26)17(22)3/h13-14,18-21H,4-12,15-16H2,1-3H3. The van der Waals surface area contributed by atoms with Gasteiger partial charge in [-0.1, -0.05) is 32.6 Å². The quantitative estimate of drug-likeness (QED) is 0.464. The zero-order valence-corrected chi connectivity index (χ0v) is 18.3. The first-order valence-corrected chi connectivity index (χ1v) is 11.6. The largest absolute Gasteiger partial charge is 0.491 e. The molecule has 0 aromatic heterocycles. The molecule has 0 amide bonds. The Bertz CT molecular complexity index is 671. The molecule has 3 nitrogen and oxygen atoms in total. The van der Waals surface area contributed by atoms with E-state index in [-0.39, 0.29) is 17.6 Å². The molecule has 4 heteroatoms. The third kappa shape index (κ3) is 5.59. The van der Waals surface area contributed by atoms with Gasteiger partial charge in [0.2, 0.25) is 0 Å². The van der Waals surface area contributed by atoms with Gasteiger partial charge >= 0.3 is 0 Å². The fourth-order valence-electron chi connectivity index (χ4n) is 5.26. The van der Waals surface area contributed by atoms with E-state index in [2.05, 4.69) is 6.92 Å². The van der Waals surface area contributed by atoms with Gasteiger partial charge in [0.15, 0.2) is 17.3 Å². The van der Waals surface area contributed by atoms with Crippen molar-refractivity contribution in [3.63, 3.8) is 0 Å². The Morgan fingerprint density at radius 3 is 2.45 bits per heavy atom. The zero-order chi connectivity index (χ0) is 20.8. The topological polar surface area (TPSA) is 35.5 Å². The Balaban J connectivity index is 1.48. The second-order valence-corrected chi connectivity index (χ2v) is 8.97. The SMILES string of the molecule is CCCC1CCC(C2CCC(CC(=O)c3ccc(OCC)c(F)c3C)OC2)CC1. The van der Waals surface area contributed by atoms with Crippen molar-refractivity contribution in [2.24, 2.45) is 17.8 Å². The smallest absolute Gasteiger partial charge is 0.168 e. The fourth-order valence-corrected chi connectivity index (χ4v) is 5.26. The lowest BCUT2D eigenvalue weighted by atomic mass is 9.73. The van der Waals surface area contributed by atoms with Crippen LogP contribution in [0, 0.1) is 30.5 Å². The first kappa shape index (κ1) is 22.3. The van der Waals surface area contributed by atoms with Crippen LogP contribution in [-0.2, 0) is 4.74 Å². The number of halogens is 1. The summed E-state index contributed by atoms with van der Waals surface area (Å²) >= 11 is 0. The maximum absolute atomic E-state index is 14.4. The summed E-state index contributed by atoms with van der Waals surface area (Å²) in [6.07, 6.45) is 10.5. The van der Waals surface area contributed by atoms with Crippen molar-refractivity contribution in [2.45, 2.75) is 84.7 Å². The average molecular weight is 405 g/mol. The molecule has 1 saturated heterocycles. The summed E-state index contributed by atoms with van der Waals surface area (Å²) in [5, 5.41) is 0. The molecule has 3 rings (SSSR count). The first-order chi connectivity index (χ1) is 14.0. The molecule has 29 heavy (non-hydrogen) atoms. The maximum Gasteiger partial charge on any atom is 0.168 e. The second kappa shape index (κ2) is 10.6. The minimum atomic E-state index is -0.430. The van der Waals surface area contributed by atoms with E-state index < -0.39 is 5.82 Å². The van der Waals surface area contributed by atoms with Crippen molar-refractivity contribution in [2.75, 3.05) is 13.2 Å². The van der Waals surface area contributed by atoms with Crippen LogP contribution in [0.4, 0.5) is 4.39 Å². The van der Waals surface area contributed by atoms with Crippen molar-refractivity contribution < 1.29 is 18.7 Å². The van der Waals surface area contributed by atoms with Crippen LogP contribution in [0.2, 0.25) is 0 Å². The molecule has 1 aromatic rings. The van der Waals surface area contributed by atoms with Crippen LogP contribution in [0.15, 0.2) is 12.1 Å². The van der Waals surface area contributed by atoms with Crippen LogP contribution in [0.1, 0.15) is 87.6 Å². The highest BCUT2D eigenvalue weighted by atomic mass is 19.1. The van der Waals surface area contributed by atoms with Crippen molar-refractivity contribution >= 4 is 5.78 Å². The maximum atomic E-state index is 14.4. The van der Waals surface area contributed by atoms with Crippen LogP contribution in [0.25, 0.3) is 0 Å². The van der Waals surface area contributed by atoms with Gasteiger partial charge in [0.25, 0.3) is 0 Å². The molecule has 1 aromatic carbocycles. The van der Waals surface area contributed by atoms with E-state index in [4.69, 9.17) is 9.47 Å². The van der Waals surface area contributed by atoms with Crippen LogP contribution < -0.4 is 4.74 Å². The van der Waals surface area contributed by atoms with Gasteiger partial charge in [-0.2, -0.15) is 0 Å². The summed E-state index contributed by atoms with van der Waals surface area (Å²) in [6.45, 7) is 6.93. The van der Waals surface area contributed by atoms with Gasteiger partial charge in [0, 0.05) is 12.0 Å². The number of Topliss-reactive ketones (excluding diaryl/α,β-unsaturated/α-hetero) is 1. The van der Waals surface area contributed by atoms with Gasteiger partial charge < -0.3 is 9.47 Å². The number of carbonyl (C=O) groups excluding carboxylic acids is 1. The van der Waals surface area contributed by atoms with Gasteiger partial charge in [-0.05, 0) is 75.0 Å². The Morgan fingerprint density at radius 2 is 1.83 bits per heavy atom. The normalized spacial score (nSPS) is 27.6. The Kier molecular flexibility index (Phi) is 8.11. The minimum absolute atomic E-state index is 0.0343. The summed E-state index contributed by atoms with van der Waals surface area (Å²) in [6, 6.07) is 3.25. The van der Waals surface area contributed by atoms with E-state index in [1.165, 1.54) is 38.5 Å². The zero-order valence-electron chi connectivity index (χ0n) is 18.3. The van der Waals surface area contributed by atoms with E-state index >= 15 is 0 Å². The van der Waals surface area contributed by atoms with Crippen LogP contribution >= 0.6 is 0 Å². The molecular formula is C25H37FO3. The van der Waals surface area contributed by atoms with E-state index in [9.17, 15) is 9.18 Å². The summed E-state index contributed by atoms with van der Waals surface area (Å²) in [5.41, 5.74) is 0.824. The molecule has 162 valence electrons. The number of hydrogen-bond donors (Lipinski definition) is 0. The third-order valence-corrected chi connectivity index (χ3v) is 7.02. The van der Waals surface area contributed by atoms with Crippen molar-refractivity contribution in [1.29, 1.82) is 0 Å². The van der Waals surface area contributed by atoms with Gasteiger partial charge in [0.1, 0.15) is 0 Å². The molecule has 1 aliphatic carbocycles. The summed E-state index contributed by atoms with van der Waals surface area (Å²) in [4.78, 5) is 12.7. The summed E-state index contributed by atoms with van der Waals surface area (Å²) in [5.74, 6) is 2.13. The highest BCUT2D eigenvalue weighted by Gasteiger charge is 2.32.